The Labute approximate surface area is 208 Å². The van der Waals surface area contributed by atoms with Crippen LogP contribution in [0.15, 0.2) is 52.5 Å². The molecule has 0 amide bonds. The number of benzene rings is 1. The Morgan fingerprint density at radius 2 is 1.77 bits per heavy atom. The van der Waals surface area contributed by atoms with Crippen LogP contribution in [0, 0.1) is 0 Å². The van der Waals surface area contributed by atoms with Crippen molar-refractivity contribution in [3.63, 3.8) is 0 Å². The van der Waals surface area contributed by atoms with Gasteiger partial charge in [0.25, 0.3) is 0 Å². The first kappa shape index (κ1) is 25.7. The molecule has 1 N–H and O–H groups in total. The number of rotatable bonds is 7. The van der Waals surface area contributed by atoms with Crippen molar-refractivity contribution < 1.29 is 0 Å². The predicted octanol–water partition coefficient (Wildman–Crippen LogP) is 3.77. The minimum absolute atomic E-state index is 0. The van der Waals surface area contributed by atoms with Crippen LogP contribution < -0.4 is 10.2 Å². The Hall–Kier alpha value is -1.52. The summed E-state index contributed by atoms with van der Waals surface area (Å²) in [4.78, 5) is 17.4. The smallest absolute Gasteiger partial charge is 0.193 e. The number of hydrogen-bond acceptors (Lipinski definition) is 5. The zero-order chi connectivity index (χ0) is 21.3. The number of aromatic nitrogens is 1. The number of thioether (sulfide) groups is 1. The Balaban J connectivity index is 0.00000341. The fraction of sp³-hybridized carbons (Fsp3) is 0.478. The molecule has 1 aliphatic rings. The molecule has 0 atom stereocenters. The van der Waals surface area contributed by atoms with Crippen molar-refractivity contribution in [3.8, 4) is 0 Å². The molecule has 0 aliphatic carbocycles. The largest absolute Gasteiger partial charge is 0.354 e. The molecule has 2 aromatic rings. The van der Waals surface area contributed by atoms with Crippen molar-refractivity contribution >= 4 is 47.5 Å². The van der Waals surface area contributed by atoms with Crippen LogP contribution >= 0.6 is 35.7 Å². The van der Waals surface area contributed by atoms with E-state index in [1.54, 1.807) is 11.8 Å². The third-order valence-corrected chi connectivity index (χ3v) is 6.30. The van der Waals surface area contributed by atoms with Crippen molar-refractivity contribution in [3.05, 3.63) is 53.7 Å². The molecule has 0 unspecified atom stereocenters. The molecule has 3 rings (SSSR count). The number of halogens is 1. The maximum Gasteiger partial charge on any atom is 0.193 e. The zero-order valence-electron chi connectivity index (χ0n) is 19.0. The van der Waals surface area contributed by atoms with Gasteiger partial charge in [0.2, 0.25) is 0 Å². The molecule has 31 heavy (non-hydrogen) atoms. The highest BCUT2D eigenvalue weighted by Gasteiger charge is 2.16. The van der Waals surface area contributed by atoms with Crippen molar-refractivity contribution in [2.24, 2.45) is 4.99 Å². The van der Waals surface area contributed by atoms with Gasteiger partial charge in [-0.3, -0.25) is 4.99 Å². The van der Waals surface area contributed by atoms with Crippen LogP contribution in [0.2, 0.25) is 0 Å². The molecule has 2 heterocycles. The van der Waals surface area contributed by atoms with Crippen molar-refractivity contribution in [2.45, 2.75) is 24.9 Å². The number of hydrogen-bond donors (Lipinski definition) is 1. The second-order valence-corrected chi connectivity index (χ2v) is 8.43. The molecule has 8 heteroatoms. The number of guanidine groups is 1. The van der Waals surface area contributed by atoms with Gasteiger partial charge in [0, 0.05) is 64.5 Å². The van der Waals surface area contributed by atoms with E-state index in [0.29, 0.717) is 6.54 Å². The first-order valence-electron chi connectivity index (χ1n) is 10.6. The highest BCUT2D eigenvalue weighted by Crippen LogP contribution is 2.16. The fourth-order valence-corrected chi connectivity index (χ4v) is 4.06. The SMILES string of the molecule is CCN1CCN(c2ccc(CNC(=NC)N(C)Cc3ccc(SC)cc3)cn2)CC1.I. The van der Waals surface area contributed by atoms with Crippen LogP contribution in [0.4, 0.5) is 5.82 Å². The predicted molar refractivity (Wildman–Crippen MR) is 144 cm³/mol. The van der Waals surface area contributed by atoms with Gasteiger partial charge in [-0.2, -0.15) is 0 Å². The van der Waals surface area contributed by atoms with E-state index in [-0.39, 0.29) is 24.0 Å². The summed E-state index contributed by atoms with van der Waals surface area (Å²) in [6, 6.07) is 13.0. The van der Waals surface area contributed by atoms with E-state index in [1.165, 1.54) is 10.5 Å². The lowest BCUT2D eigenvalue weighted by molar-refractivity contribution is 0.270. The van der Waals surface area contributed by atoms with Gasteiger partial charge in [0.1, 0.15) is 5.82 Å². The molecule has 170 valence electrons. The second-order valence-electron chi connectivity index (χ2n) is 7.55. The van der Waals surface area contributed by atoms with Crippen molar-refractivity contribution in [1.29, 1.82) is 0 Å². The monoisotopic (exact) mass is 554 g/mol. The van der Waals surface area contributed by atoms with Gasteiger partial charge >= 0.3 is 0 Å². The molecule has 1 fully saturated rings. The van der Waals surface area contributed by atoms with E-state index in [0.717, 1.165) is 56.6 Å². The molecule has 1 saturated heterocycles. The average molecular weight is 555 g/mol. The van der Waals surface area contributed by atoms with E-state index in [2.05, 4.69) is 81.6 Å². The summed E-state index contributed by atoms with van der Waals surface area (Å²) in [6.45, 7) is 9.21. The number of anilines is 1. The van der Waals surface area contributed by atoms with Gasteiger partial charge in [-0.25, -0.2) is 4.98 Å². The zero-order valence-corrected chi connectivity index (χ0v) is 22.2. The normalized spacial score (nSPS) is 14.8. The van der Waals surface area contributed by atoms with Gasteiger partial charge in [0.05, 0.1) is 0 Å². The molecule has 0 saturated carbocycles. The standard InChI is InChI=1S/C23H34N6S.HI/c1-5-28-12-14-29(15-13-28)22-11-8-20(16-25-22)17-26-23(24-2)27(3)18-19-6-9-21(30-4)10-7-19;/h6-11,16H,5,12-15,17-18H2,1-4H3,(H,24,26);1H. The molecular formula is C23H35IN6S. The number of aliphatic imine (C=N–C) groups is 1. The minimum atomic E-state index is 0. The second kappa shape index (κ2) is 13.1. The lowest BCUT2D eigenvalue weighted by Gasteiger charge is -2.34. The molecule has 1 aliphatic heterocycles. The van der Waals surface area contributed by atoms with Crippen molar-refractivity contribution in [2.75, 3.05) is 58.0 Å². The van der Waals surface area contributed by atoms with Gasteiger partial charge in [-0.1, -0.05) is 25.1 Å². The number of likely N-dealkylation sites (N-methyl/N-ethyl adjacent to an activating group) is 1. The summed E-state index contributed by atoms with van der Waals surface area (Å²) in [5.74, 6) is 1.95. The third-order valence-electron chi connectivity index (χ3n) is 5.56. The molecule has 0 bridgehead atoms. The molecule has 0 radical (unpaired) electrons. The summed E-state index contributed by atoms with van der Waals surface area (Å²) >= 11 is 1.76. The highest BCUT2D eigenvalue weighted by molar-refractivity contribution is 14.0. The van der Waals surface area contributed by atoms with Crippen LogP contribution in [0.3, 0.4) is 0 Å². The summed E-state index contributed by atoms with van der Waals surface area (Å²) < 4.78 is 0. The van der Waals surface area contributed by atoms with E-state index in [9.17, 15) is 0 Å². The maximum absolute atomic E-state index is 4.70. The average Bonchev–Trinajstić information content (AvgIpc) is 2.80. The van der Waals surface area contributed by atoms with Crippen LogP contribution in [-0.2, 0) is 13.1 Å². The molecule has 0 spiro atoms. The maximum atomic E-state index is 4.70. The van der Waals surface area contributed by atoms with Gasteiger partial charge in [0.15, 0.2) is 5.96 Å². The van der Waals surface area contributed by atoms with E-state index in [4.69, 9.17) is 4.98 Å². The van der Waals surface area contributed by atoms with Crippen LogP contribution in [0.25, 0.3) is 0 Å². The number of pyridine rings is 1. The summed E-state index contributed by atoms with van der Waals surface area (Å²) in [7, 11) is 3.89. The first-order chi connectivity index (χ1) is 14.6. The van der Waals surface area contributed by atoms with Crippen LogP contribution in [0.1, 0.15) is 18.1 Å². The summed E-state index contributed by atoms with van der Waals surface area (Å²) in [5, 5.41) is 3.45. The Morgan fingerprint density at radius 1 is 1.10 bits per heavy atom. The van der Waals surface area contributed by atoms with Crippen LogP contribution in [0.5, 0.6) is 0 Å². The Bertz CT molecular complexity index is 804. The first-order valence-corrected chi connectivity index (χ1v) is 11.8. The highest BCUT2D eigenvalue weighted by atomic mass is 127. The quantitative estimate of drug-likeness (QED) is 0.244. The molecule has 1 aromatic heterocycles. The number of nitrogens with zero attached hydrogens (tertiary/aromatic N) is 5. The third kappa shape index (κ3) is 7.54. The fourth-order valence-electron chi connectivity index (χ4n) is 3.65. The van der Waals surface area contributed by atoms with E-state index >= 15 is 0 Å². The lowest BCUT2D eigenvalue weighted by Crippen LogP contribution is -2.46. The summed E-state index contributed by atoms with van der Waals surface area (Å²) in [6.07, 6.45) is 4.07. The lowest BCUT2D eigenvalue weighted by atomic mass is 10.2. The number of piperazine rings is 1. The number of nitrogens with one attached hydrogen (secondary N) is 1. The van der Waals surface area contributed by atoms with Gasteiger partial charge in [-0.05, 0) is 42.1 Å². The van der Waals surface area contributed by atoms with Crippen molar-refractivity contribution in [1.82, 2.24) is 20.1 Å². The Morgan fingerprint density at radius 3 is 2.32 bits per heavy atom. The topological polar surface area (TPSA) is 47.0 Å². The minimum Gasteiger partial charge on any atom is -0.354 e. The van der Waals surface area contributed by atoms with E-state index in [1.807, 2.05) is 13.2 Å². The molecule has 1 aromatic carbocycles. The summed E-state index contributed by atoms with van der Waals surface area (Å²) in [5.41, 5.74) is 2.43. The molecular weight excluding hydrogens is 519 g/mol. The van der Waals surface area contributed by atoms with Gasteiger partial charge < -0.3 is 20.0 Å². The van der Waals surface area contributed by atoms with E-state index < -0.39 is 0 Å². The Kier molecular flexibility index (Phi) is 10.9. The molecule has 6 nitrogen and oxygen atoms in total. The van der Waals surface area contributed by atoms with Crippen LogP contribution in [-0.4, -0.2) is 73.8 Å². The van der Waals surface area contributed by atoms with Gasteiger partial charge in [-0.15, -0.1) is 35.7 Å².